The van der Waals surface area contributed by atoms with E-state index in [1.807, 2.05) is 38.1 Å². The average Bonchev–Trinajstić information content (AvgIpc) is 3.18. The number of amides is 1. The number of rotatable bonds is 6. The lowest BCUT2D eigenvalue weighted by Crippen LogP contribution is -2.38. The second-order valence-electron chi connectivity index (χ2n) is 8.45. The summed E-state index contributed by atoms with van der Waals surface area (Å²) >= 11 is 5.96. The fraction of sp³-hybridized carbons (Fsp3) is 0.417. The Morgan fingerprint density at radius 1 is 1.20 bits per heavy atom. The van der Waals surface area contributed by atoms with Crippen molar-refractivity contribution < 1.29 is 9.21 Å². The highest BCUT2D eigenvalue weighted by atomic mass is 35.5. The van der Waals surface area contributed by atoms with E-state index in [-0.39, 0.29) is 11.8 Å². The maximum Gasteiger partial charge on any atom is 0.251 e. The molecule has 1 saturated heterocycles. The Morgan fingerprint density at radius 3 is 2.63 bits per heavy atom. The van der Waals surface area contributed by atoms with Crippen LogP contribution in [0.25, 0.3) is 11.1 Å². The zero-order valence-corrected chi connectivity index (χ0v) is 18.3. The summed E-state index contributed by atoms with van der Waals surface area (Å²) in [5, 5.41) is 3.87. The van der Waals surface area contributed by atoms with Crippen LogP contribution in [0.15, 0.2) is 46.9 Å². The van der Waals surface area contributed by atoms with Gasteiger partial charge in [-0.15, -0.1) is 0 Å². The van der Waals surface area contributed by atoms with Crippen LogP contribution in [0.4, 0.5) is 0 Å². The van der Waals surface area contributed by atoms with Gasteiger partial charge in [-0.05, 0) is 67.7 Å². The van der Waals surface area contributed by atoms with Gasteiger partial charge in [0.05, 0.1) is 0 Å². The van der Waals surface area contributed by atoms with E-state index in [2.05, 4.69) is 27.3 Å². The van der Waals surface area contributed by atoms with Gasteiger partial charge < -0.3 is 9.73 Å². The molecular formula is C24H28ClN3O2. The van der Waals surface area contributed by atoms with Crippen molar-refractivity contribution in [3.8, 4) is 0 Å². The van der Waals surface area contributed by atoms with Crippen molar-refractivity contribution in [3.05, 3.63) is 64.5 Å². The first kappa shape index (κ1) is 20.9. The molecule has 0 spiro atoms. The van der Waals surface area contributed by atoms with Crippen LogP contribution in [-0.2, 0) is 6.54 Å². The fourth-order valence-electron chi connectivity index (χ4n) is 3.87. The van der Waals surface area contributed by atoms with Crippen LogP contribution in [0.3, 0.4) is 0 Å². The van der Waals surface area contributed by atoms with Crippen molar-refractivity contribution >= 4 is 28.6 Å². The third kappa shape index (κ3) is 5.02. The van der Waals surface area contributed by atoms with E-state index >= 15 is 0 Å². The minimum absolute atomic E-state index is 0.0528. The molecule has 6 heteroatoms. The quantitative estimate of drug-likeness (QED) is 0.586. The van der Waals surface area contributed by atoms with Gasteiger partial charge in [-0.2, -0.15) is 0 Å². The summed E-state index contributed by atoms with van der Waals surface area (Å²) in [7, 11) is 0. The van der Waals surface area contributed by atoms with Crippen molar-refractivity contribution in [2.45, 2.75) is 39.2 Å². The van der Waals surface area contributed by atoms with E-state index in [4.69, 9.17) is 16.0 Å². The van der Waals surface area contributed by atoms with Crippen LogP contribution < -0.4 is 5.32 Å². The molecular weight excluding hydrogens is 398 g/mol. The SMILES string of the molecule is CC(C)c1nc2ccc(C(=O)NCC3CCN(Cc4ccc(Cl)cc4)CC3)cc2o1. The lowest BCUT2D eigenvalue weighted by molar-refractivity contribution is 0.0935. The number of fused-ring (bicyclic) bond motifs is 1. The van der Waals surface area contributed by atoms with Gasteiger partial charge in [0.2, 0.25) is 0 Å². The van der Waals surface area contributed by atoms with Crippen LogP contribution in [0.5, 0.6) is 0 Å². The van der Waals surface area contributed by atoms with E-state index in [1.54, 1.807) is 6.07 Å². The summed E-state index contributed by atoms with van der Waals surface area (Å²) in [6, 6.07) is 13.5. The number of aromatic nitrogens is 1. The predicted octanol–water partition coefficient (Wildman–Crippen LogP) is 5.25. The molecule has 1 aliphatic heterocycles. The van der Waals surface area contributed by atoms with Crippen LogP contribution in [-0.4, -0.2) is 35.4 Å². The van der Waals surface area contributed by atoms with E-state index in [0.717, 1.165) is 43.0 Å². The van der Waals surface area contributed by atoms with Crippen molar-refractivity contribution in [3.63, 3.8) is 0 Å². The Hall–Kier alpha value is -2.37. The second kappa shape index (κ2) is 9.19. The standard InChI is InChI=1S/C24H28ClN3O2/c1-16(2)24-27-21-8-5-19(13-22(21)30-24)23(29)26-14-17-9-11-28(12-10-17)15-18-3-6-20(25)7-4-18/h3-8,13,16-17H,9-12,14-15H2,1-2H3,(H,26,29). The van der Waals surface area contributed by atoms with Crippen LogP contribution >= 0.6 is 11.6 Å². The molecule has 30 heavy (non-hydrogen) atoms. The minimum atomic E-state index is -0.0528. The summed E-state index contributed by atoms with van der Waals surface area (Å²) < 4.78 is 5.78. The largest absolute Gasteiger partial charge is 0.440 e. The highest BCUT2D eigenvalue weighted by Crippen LogP contribution is 2.23. The van der Waals surface area contributed by atoms with Gasteiger partial charge in [-0.25, -0.2) is 4.98 Å². The Bertz CT molecular complexity index is 1000. The summed E-state index contributed by atoms with van der Waals surface area (Å²) in [5.41, 5.74) is 3.37. The van der Waals surface area contributed by atoms with Crippen LogP contribution in [0.1, 0.15) is 54.4 Å². The Balaban J connectivity index is 1.26. The molecule has 0 unspecified atom stereocenters. The molecule has 0 atom stereocenters. The molecule has 3 aromatic rings. The smallest absolute Gasteiger partial charge is 0.251 e. The molecule has 0 saturated carbocycles. The number of nitrogens with zero attached hydrogens (tertiary/aromatic N) is 2. The van der Waals surface area contributed by atoms with Gasteiger partial charge in [0.15, 0.2) is 11.5 Å². The summed E-state index contributed by atoms with van der Waals surface area (Å²) in [6.07, 6.45) is 2.18. The van der Waals surface area contributed by atoms with Crippen molar-refractivity contribution in [2.75, 3.05) is 19.6 Å². The lowest BCUT2D eigenvalue weighted by Gasteiger charge is -2.32. The van der Waals surface area contributed by atoms with Gasteiger partial charge in [0.25, 0.3) is 5.91 Å². The van der Waals surface area contributed by atoms with E-state index in [9.17, 15) is 4.79 Å². The van der Waals surface area contributed by atoms with E-state index < -0.39 is 0 Å². The van der Waals surface area contributed by atoms with Crippen molar-refractivity contribution in [1.82, 2.24) is 15.2 Å². The summed E-state index contributed by atoms with van der Waals surface area (Å²) in [4.78, 5) is 19.5. The zero-order chi connectivity index (χ0) is 21.1. The highest BCUT2D eigenvalue weighted by Gasteiger charge is 2.20. The van der Waals surface area contributed by atoms with Gasteiger partial charge in [-0.1, -0.05) is 37.6 Å². The number of halogens is 1. The molecule has 1 amide bonds. The molecule has 158 valence electrons. The van der Waals surface area contributed by atoms with Gasteiger partial charge in [-0.3, -0.25) is 9.69 Å². The first-order chi connectivity index (χ1) is 14.5. The number of benzene rings is 2. The van der Waals surface area contributed by atoms with E-state index in [1.165, 1.54) is 5.56 Å². The normalized spacial score (nSPS) is 15.7. The minimum Gasteiger partial charge on any atom is -0.440 e. The number of hydrogen-bond acceptors (Lipinski definition) is 4. The number of carbonyl (C=O) groups is 1. The van der Waals surface area contributed by atoms with Crippen molar-refractivity contribution in [1.29, 1.82) is 0 Å². The topological polar surface area (TPSA) is 58.4 Å². The lowest BCUT2D eigenvalue weighted by atomic mass is 9.96. The Kier molecular flexibility index (Phi) is 6.40. The third-order valence-corrected chi connectivity index (χ3v) is 5.99. The summed E-state index contributed by atoms with van der Waals surface area (Å²) in [6.45, 7) is 7.83. The Morgan fingerprint density at radius 2 is 1.93 bits per heavy atom. The first-order valence-electron chi connectivity index (χ1n) is 10.6. The van der Waals surface area contributed by atoms with Gasteiger partial charge in [0.1, 0.15) is 5.52 Å². The third-order valence-electron chi connectivity index (χ3n) is 5.74. The molecule has 0 aliphatic carbocycles. The fourth-order valence-corrected chi connectivity index (χ4v) is 3.99. The predicted molar refractivity (Wildman–Crippen MR) is 120 cm³/mol. The van der Waals surface area contributed by atoms with Gasteiger partial charge >= 0.3 is 0 Å². The number of hydrogen-bond donors (Lipinski definition) is 1. The molecule has 2 heterocycles. The number of nitrogens with one attached hydrogen (secondary N) is 1. The number of likely N-dealkylation sites (tertiary alicyclic amines) is 1. The molecule has 1 N–H and O–H groups in total. The maximum atomic E-state index is 12.6. The highest BCUT2D eigenvalue weighted by molar-refractivity contribution is 6.30. The van der Waals surface area contributed by atoms with Crippen LogP contribution in [0, 0.1) is 5.92 Å². The molecule has 5 nitrogen and oxygen atoms in total. The number of carbonyl (C=O) groups excluding carboxylic acids is 1. The molecule has 2 aromatic carbocycles. The maximum absolute atomic E-state index is 12.6. The summed E-state index contributed by atoms with van der Waals surface area (Å²) in [5.74, 6) is 1.38. The number of piperidine rings is 1. The molecule has 1 aliphatic rings. The van der Waals surface area contributed by atoms with Crippen molar-refractivity contribution in [2.24, 2.45) is 5.92 Å². The second-order valence-corrected chi connectivity index (χ2v) is 8.88. The number of oxazole rings is 1. The van der Waals surface area contributed by atoms with Gasteiger partial charge in [0, 0.05) is 29.6 Å². The average molecular weight is 426 g/mol. The Labute approximate surface area is 182 Å². The zero-order valence-electron chi connectivity index (χ0n) is 17.5. The molecule has 1 fully saturated rings. The van der Waals surface area contributed by atoms with E-state index in [0.29, 0.717) is 29.5 Å². The monoisotopic (exact) mass is 425 g/mol. The molecule has 1 aromatic heterocycles. The van der Waals surface area contributed by atoms with Crippen LogP contribution in [0.2, 0.25) is 5.02 Å². The molecule has 0 bridgehead atoms. The first-order valence-corrected chi connectivity index (χ1v) is 11.0. The molecule has 0 radical (unpaired) electrons. The molecule has 4 rings (SSSR count).